The van der Waals surface area contributed by atoms with Crippen LogP contribution in [0.2, 0.25) is 0 Å². The van der Waals surface area contributed by atoms with Gasteiger partial charge in [-0.3, -0.25) is 4.79 Å². The minimum absolute atomic E-state index is 0.0498. The molecule has 0 unspecified atom stereocenters. The van der Waals surface area contributed by atoms with Crippen LogP contribution in [0.15, 0.2) is 0 Å². The molecule has 2 aliphatic rings. The standard InChI is InChI=1S/C8H13NO5S/c10-3-1-9-4(11)2-15-8(9)7(14)6(13)5(3)12/h3,5-8,10,12-14H,1-2H2/t3-,5-,6+,7-,8+/m1/s1. The molecule has 86 valence electrons. The Balaban J connectivity index is 2.25. The van der Waals surface area contributed by atoms with Gasteiger partial charge in [0.25, 0.3) is 0 Å². The molecule has 0 aliphatic carbocycles. The number of amides is 1. The Kier molecular flexibility index (Phi) is 2.91. The second kappa shape index (κ2) is 3.91. The van der Waals surface area contributed by atoms with Gasteiger partial charge in [0.15, 0.2) is 0 Å². The number of rotatable bonds is 0. The van der Waals surface area contributed by atoms with Crippen molar-refractivity contribution < 1.29 is 25.2 Å². The van der Waals surface area contributed by atoms with Crippen molar-refractivity contribution in [1.82, 2.24) is 4.90 Å². The summed E-state index contributed by atoms with van der Waals surface area (Å²) in [5.74, 6) is 0.0430. The third kappa shape index (κ3) is 1.74. The van der Waals surface area contributed by atoms with E-state index in [1.807, 2.05) is 0 Å². The molecule has 7 heteroatoms. The molecule has 4 N–H and O–H groups in total. The van der Waals surface area contributed by atoms with Crippen LogP contribution in [0.4, 0.5) is 0 Å². The molecule has 2 rings (SSSR count). The zero-order valence-electron chi connectivity index (χ0n) is 7.85. The van der Waals surface area contributed by atoms with Crippen LogP contribution in [0, 0.1) is 0 Å². The molecule has 0 bridgehead atoms. The predicted octanol–water partition coefficient (Wildman–Crippen LogP) is -2.65. The van der Waals surface area contributed by atoms with Crippen molar-refractivity contribution in [3.8, 4) is 0 Å². The number of aliphatic hydroxyl groups excluding tert-OH is 4. The molecule has 0 spiro atoms. The first-order valence-corrected chi connectivity index (χ1v) is 5.70. The average Bonchev–Trinajstić information content (AvgIpc) is 2.54. The van der Waals surface area contributed by atoms with E-state index in [2.05, 4.69) is 0 Å². The summed E-state index contributed by atoms with van der Waals surface area (Å²) in [6.45, 7) is -0.0498. The summed E-state index contributed by atoms with van der Waals surface area (Å²) in [6, 6.07) is 0. The quantitative estimate of drug-likeness (QED) is 0.366. The van der Waals surface area contributed by atoms with Crippen LogP contribution in [-0.2, 0) is 4.79 Å². The van der Waals surface area contributed by atoms with Crippen LogP contribution >= 0.6 is 11.8 Å². The van der Waals surface area contributed by atoms with E-state index >= 15 is 0 Å². The van der Waals surface area contributed by atoms with Gasteiger partial charge in [-0.05, 0) is 0 Å². The molecule has 2 heterocycles. The maximum Gasteiger partial charge on any atom is 0.233 e. The molecular weight excluding hydrogens is 222 g/mol. The molecule has 15 heavy (non-hydrogen) atoms. The number of carbonyl (C=O) groups excluding carboxylic acids is 1. The van der Waals surface area contributed by atoms with Crippen LogP contribution in [0.5, 0.6) is 0 Å². The maximum absolute atomic E-state index is 11.4. The lowest BCUT2D eigenvalue weighted by Gasteiger charge is -2.26. The van der Waals surface area contributed by atoms with Gasteiger partial charge in [0, 0.05) is 0 Å². The van der Waals surface area contributed by atoms with Gasteiger partial charge in [0.05, 0.1) is 12.3 Å². The van der Waals surface area contributed by atoms with Crippen molar-refractivity contribution in [2.75, 3.05) is 12.3 Å². The van der Waals surface area contributed by atoms with E-state index in [9.17, 15) is 25.2 Å². The summed E-state index contributed by atoms with van der Waals surface area (Å²) in [5, 5.41) is 37.6. The van der Waals surface area contributed by atoms with Crippen LogP contribution in [-0.4, -0.2) is 73.3 Å². The summed E-state index contributed by atoms with van der Waals surface area (Å²) in [4.78, 5) is 12.7. The van der Waals surface area contributed by atoms with E-state index in [-0.39, 0.29) is 18.2 Å². The Morgan fingerprint density at radius 1 is 1.13 bits per heavy atom. The molecule has 0 aromatic rings. The third-order valence-electron chi connectivity index (χ3n) is 2.78. The molecular formula is C8H13NO5S. The lowest BCUT2D eigenvalue weighted by Crippen LogP contribution is -2.45. The summed E-state index contributed by atoms with van der Waals surface area (Å²) in [7, 11) is 0. The van der Waals surface area contributed by atoms with Gasteiger partial charge in [0.2, 0.25) is 5.91 Å². The normalized spacial score (nSPS) is 46.5. The zero-order chi connectivity index (χ0) is 11.2. The van der Waals surface area contributed by atoms with Crippen LogP contribution in [0.1, 0.15) is 0 Å². The Labute approximate surface area is 90.5 Å². The fourth-order valence-electron chi connectivity index (χ4n) is 1.87. The second-order valence-corrected chi connectivity index (χ2v) is 4.89. The van der Waals surface area contributed by atoms with Crippen molar-refractivity contribution >= 4 is 17.7 Å². The average molecular weight is 235 g/mol. The third-order valence-corrected chi connectivity index (χ3v) is 4.06. The highest BCUT2D eigenvalue weighted by molar-refractivity contribution is 8.01. The van der Waals surface area contributed by atoms with E-state index in [0.29, 0.717) is 0 Å². The van der Waals surface area contributed by atoms with Gasteiger partial charge in [-0.1, -0.05) is 0 Å². The summed E-state index contributed by atoms with van der Waals surface area (Å²) >= 11 is 1.21. The van der Waals surface area contributed by atoms with Gasteiger partial charge < -0.3 is 25.3 Å². The van der Waals surface area contributed by atoms with Crippen molar-refractivity contribution in [3.05, 3.63) is 0 Å². The number of carbonyl (C=O) groups is 1. The fraction of sp³-hybridized carbons (Fsp3) is 0.875. The van der Waals surface area contributed by atoms with Gasteiger partial charge in [-0.25, -0.2) is 0 Å². The molecule has 5 atom stereocenters. The number of aliphatic hydroxyl groups is 4. The lowest BCUT2D eigenvalue weighted by atomic mass is 10.1. The molecule has 0 aromatic carbocycles. The zero-order valence-corrected chi connectivity index (χ0v) is 8.67. The van der Waals surface area contributed by atoms with Gasteiger partial charge in [0.1, 0.15) is 29.8 Å². The van der Waals surface area contributed by atoms with Crippen LogP contribution in [0.3, 0.4) is 0 Å². The highest BCUT2D eigenvalue weighted by atomic mass is 32.2. The smallest absolute Gasteiger partial charge is 0.233 e. The van der Waals surface area contributed by atoms with E-state index in [0.717, 1.165) is 0 Å². The molecule has 6 nitrogen and oxygen atoms in total. The molecule has 0 radical (unpaired) electrons. The first-order chi connectivity index (χ1) is 7.02. The van der Waals surface area contributed by atoms with Gasteiger partial charge in [-0.15, -0.1) is 11.8 Å². The topological polar surface area (TPSA) is 101 Å². The van der Waals surface area contributed by atoms with Gasteiger partial charge >= 0.3 is 0 Å². The molecule has 2 saturated heterocycles. The number of nitrogens with zero attached hydrogens (tertiary/aromatic N) is 1. The highest BCUT2D eigenvalue weighted by Gasteiger charge is 2.47. The van der Waals surface area contributed by atoms with Gasteiger partial charge in [-0.2, -0.15) is 0 Å². The van der Waals surface area contributed by atoms with Crippen molar-refractivity contribution in [2.45, 2.75) is 29.8 Å². The number of fused-ring (bicyclic) bond motifs is 1. The van der Waals surface area contributed by atoms with Crippen molar-refractivity contribution in [2.24, 2.45) is 0 Å². The summed E-state index contributed by atoms with van der Waals surface area (Å²) in [6.07, 6.45) is -5.29. The summed E-state index contributed by atoms with van der Waals surface area (Å²) < 4.78 is 0. The van der Waals surface area contributed by atoms with Crippen LogP contribution < -0.4 is 0 Å². The Bertz CT molecular complexity index is 276. The Morgan fingerprint density at radius 2 is 1.80 bits per heavy atom. The molecule has 0 saturated carbocycles. The minimum atomic E-state index is -1.42. The van der Waals surface area contributed by atoms with Crippen molar-refractivity contribution in [1.29, 1.82) is 0 Å². The first kappa shape index (κ1) is 11.2. The fourth-order valence-corrected chi connectivity index (χ4v) is 3.09. The minimum Gasteiger partial charge on any atom is -0.388 e. The van der Waals surface area contributed by atoms with E-state index in [1.54, 1.807) is 0 Å². The van der Waals surface area contributed by atoms with Crippen molar-refractivity contribution in [3.63, 3.8) is 0 Å². The SMILES string of the molecule is O=C1CS[C@H]2[C@H](O)[C@@H](O)[C@H](O)[C@H](O)CN12. The molecule has 1 amide bonds. The highest BCUT2D eigenvalue weighted by Crippen LogP contribution is 2.32. The number of hydrogen-bond donors (Lipinski definition) is 4. The Hall–Kier alpha value is -0.340. The van der Waals surface area contributed by atoms with E-state index < -0.39 is 29.8 Å². The summed E-state index contributed by atoms with van der Waals surface area (Å²) in [5.41, 5.74) is 0. The number of hydrogen-bond acceptors (Lipinski definition) is 6. The molecule has 2 fully saturated rings. The first-order valence-electron chi connectivity index (χ1n) is 4.65. The largest absolute Gasteiger partial charge is 0.388 e. The second-order valence-electron chi connectivity index (χ2n) is 3.79. The molecule has 2 aliphatic heterocycles. The Morgan fingerprint density at radius 3 is 2.47 bits per heavy atom. The lowest BCUT2D eigenvalue weighted by molar-refractivity contribution is -0.130. The van der Waals surface area contributed by atoms with Crippen LogP contribution in [0.25, 0.3) is 0 Å². The van der Waals surface area contributed by atoms with E-state index in [4.69, 9.17) is 0 Å². The monoisotopic (exact) mass is 235 g/mol. The number of thioether (sulfide) groups is 1. The predicted molar refractivity (Wildman–Crippen MR) is 52.0 cm³/mol. The maximum atomic E-state index is 11.4. The van der Waals surface area contributed by atoms with E-state index in [1.165, 1.54) is 16.7 Å². The molecule has 0 aromatic heterocycles.